The molecular formula is C13H22N2OS. The van der Waals surface area contributed by atoms with Crippen LogP contribution in [-0.2, 0) is 11.2 Å². The van der Waals surface area contributed by atoms with Gasteiger partial charge in [0.1, 0.15) is 10.8 Å². The van der Waals surface area contributed by atoms with Crippen LogP contribution in [0.25, 0.3) is 0 Å². The number of aromatic nitrogens is 1. The zero-order valence-electron chi connectivity index (χ0n) is 11.2. The highest BCUT2D eigenvalue weighted by atomic mass is 32.1. The molecule has 0 saturated carbocycles. The third kappa shape index (κ3) is 2.93. The van der Waals surface area contributed by atoms with E-state index in [1.807, 2.05) is 27.7 Å². The van der Waals surface area contributed by atoms with E-state index in [0.717, 1.165) is 23.5 Å². The average molecular weight is 254 g/mol. The molecule has 0 spiro atoms. The minimum absolute atomic E-state index is 0.235. The van der Waals surface area contributed by atoms with Crippen LogP contribution in [0.15, 0.2) is 0 Å². The van der Waals surface area contributed by atoms with E-state index >= 15 is 0 Å². The maximum atomic E-state index is 12.3. The van der Waals surface area contributed by atoms with Gasteiger partial charge in [-0.25, -0.2) is 4.98 Å². The van der Waals surface area contributed by atoms with Gasteiger partial charge in [0.05, 0.1) is 12.1 Å². The normalized spacial score (nSPS) is 11.8. The molecule has 3 nitrogen and oxygen atoms in total. The second kappa shape index (κ2) is 5.74. The van der Waals surface area contributed by atoms with Gasteiger partial charge in [-0.2, -0.15) is 0 Å². The fraction of sp³-hybridized carbons (Fsp3) is 0.692. The molecule has 0 aliphatic carbocycles. The summed E-state index contributed by atoms with van der Waals surface area (Å²) in [6, 6.07) is 0. The van der Waals surface area contributed by atoms with E-state index in [1.165, 1.54) is 4.88 Å². The molecule has 0 unspecified atom stereocenters. The Labute approximate surface area is 107 Å². The summed E-state index contributed by atoms with van der Waals surface area (Å²) in [6.07, 6.45) is 2.04. The summed E-state index contributed by atoms with van der Waals surface area (Å²) in [4.78, 5) is 18.0. The zero-order chi connectivity index (χ0) is 13.1. The van der Waals surface area contributed by atoms with Gasteiger partial charge in [-0.15, -0.1) is 11.3 Å². The molecule has 17 heavy (non-hydrogen) atoms. The Kier molecular flexibility index (Phi) is 4.83. The Morgan fingerprint density at radius 3 is 2.29 bits per heavy atom. The van der Waals surface area contributed by atoms with Crippen LogP contribution in [0.2, 0.25) is 0 Å². The summed E-state index contributed by atoms with van der Waals surface area (Å²) >= 11 is 1.62. The van der Waals surface area contributed by atoms with Crippen LogP contribution < -0.4 is 5.73 Å². The Morgan fingerprint density at radius 2 is 1.94 bits per heavy atom. The third-order valence-electron chi connectivity index (χ3n) is 3.72. The summed E-state index contributed by atoms with van der Waals surface area (Å²) in [5.41, 5.74) is 6.46. The van der Waals surface area contributed by atoms with Gasteiger partial charge in [-0.1, -0.05) is 13.8 Å². The smallest absolute Gasteiger partial charge is 0.147 e. The number of hydrogen-bond acceptors (Lipinski definition) is 4. The van der Waals surface area contributed by atoms with E-state index in [4.69, 9.17) is 5.73 Å². The maximum Gasteiger partial charge on any atom is 0.147 e. The molecule has 96 valence electrons. The maximum absolute atomic E-state index is 12.3. The first-order valence-electron chi connectivity index (χ1n) is 6.15. The molecule has 0 saturated heterocycles. The van der Waals surface area contributed by atoms with Crippen molar-refractivity contribution in [1.82, 2.24) is 4.98 Å². The Morgan fingerprint density at radius 1 is 1.35 bits per heavy atom. The monoisotopic (exact) mass is 254 g/mol. The van der Waals surface area contributed by atoms with Gasteiger partial charge in [-0.05, 0) is 26.7 Å². The van der Waals surface area contributed by atoms with Crippen LogP contribution in [0, 0.1) is 19.3 Å². The molecule has 0 atom stereocenters. The molecule has 2 N–H and O–H groups in total. The van der Waals surface area contributed by atoms with Crippen molar-refractivity contribution in [3.63, 3.8) is 0 Å². The third-order valence-corrected chi connectivity index (χ3v) is 4.79. The number of hydrogen-bond donors (Lipinski definition) is 1. The fourth-order valence-corrected chi connectivity index (χ4v) is 2.92. The quantitative estimate of drug-likeness (QED) is 0.849. The molecule has 0 aliphatic heterocycles. The lowest BCUT2D eigenvalue weighted by Crippen LogP contribution is -2.38. The van der Waals surface area contributed by atoms with Crippen LogP contribution >= 0.6 is 11.3 Å². The summed E-state index contributed by atoms with van der Waals surface area (Å²) < 4.78 is 0. The zero-order valence-corrected chi connectivity index (χ0v) is 12.0. The first kappa shape index (κ1) is 14.3. The number of carbonyl (C=O) groups is 1. The molecule has 0 radical (unpaired) electrons. The summed E-state index contributed by atoms with van der Waals surface area (Å²) in [5.74, 6) is 0.235. The largest absolute Gasteiger partial charge is 0.329 e. The first-order valence-corrected chi connectivity index (χ1v) is 6.97. The van der Waals surface area contributed by atoms with Gasteiger partial charge in [0.25, 0.3) is 0 Å². The first-order chi connectivity index (χ1) is 7.99. The minimum atomic E-state index is -0.354. The summed E-state index contributed by atoms with van der Waals surface area (Å²) in [6.45, 7) is 8.52. The van der Waals surface area contributed by atoms with Crippen molar-refractivity contribution < 1.29 is 4.79 Å². The van der Waals surface area contributed by atoms with Crippen molar-refractivity contribution in [1.29, 1.82) is 0 Å². The van der Waals surface area contributed by atoms with Crippen LogP contribution in [0.1, 0.15) is 42.3 Å². The number of thiazole rings is 1. The highest BCUT2D eigenvalue weighted by Crippen LogP contribution is 2.29. The molecule has 1 rings (SSSR count). The van der Waals surface area contributed by atoms with Gasteiger partial charge >= 0.3 is 0 Å². The Bertz CT molecular complexity index is 366. The molecule has 0 aliphatic rings. The topological polar surface area (TPSA) is 56.0 Å². The lowest BCUT2D eigenvalue weighted by Gasteiger charge is -2.27. The molecule has 0 amide bonds. The Hall–Kier alpha value is -0.740. The molecule has 4 heteroatoms. The number of nitrogens with zero attached hydrogens (tertiary/aromatic N) is 1. The number of aryl methyl sites for hydroxylation is 2. The van der Waals surface area contributed by atoms with E-state index in [9.17, 15) is 4.79 Å². The van der Waals surface area contributed by atoms with Crippen molar-refractivity contribution in [2.24, 2.45) is 11.1 Å². The van der Waals surface area contributed by atoms with Crippen LogP contribution in [0.4, 0.5) is 0 Å². The fourth-order valence-electron chi connectivity index (χ4n) is 1.99. The number of rotatable bonds is 6. The predicted molar refractivity (Wildman–Crippen MR) is 72.4 cm³/mol. The number of carbonyl (C=O) groups excluding carboxylic acids is 1. The molecule has 1 heterocycles. The van der Waals surface area contributed by atoms with Crippen LogP contribution in [0.3, 0.4) is 0 Å². The SMILES string of the molecule is CCC(CC)(CN)C(=O)Cc1nc(C)c(C)s1. The number of ketones is 1. The Balaban J connectivity index is 2.84. The molecule has 0 fully saturated rings. The van der Waals surface area contributed by atoms with Gasteiger partial charge in [0, 0.05) is 16.8 Å². The molecule has 0 aromatic carbocycles. The summed E-state index contributed by atoms with van der Waals surface area (Å²) in [7, 11) is 0. The average Bonchev–Trinajstić information content (AvgIpc) is 2.61. The standard InChI is InChI=1S/C13H22N2OS/c1-5-13(6-2,8-14)11(16)7-12-15-9(3)10(4)17-12/h5-8,14H2,1-4H3. The second-order valence-electron chi connectivity index (χ2n) is 4.54. The number of nitrogens with two attached hydrogens (primary N) is 1. The van der Waals surface area contributed by atoms with Crippen molar-refractivity contribution in [3.05, 3.63) is 15.6 Å². The second-order valence-corrected chi connectivity index (χ2v) is 5.83. The van der Waals surface area contributed by atoms with Gasteiger partial charge < -0.3 is 5.73 Å². The van der Waals surface area contributed by atoms with Crippen molar-refractivity contribution in [2.45, 2.75) is 47.0 Å². The van der Waals surface area contributed by atoms with Crippen LogP contribution in [-0.4, -0.2) is 17.3 Å². The van der Waals surface area contributed by atoms with E-state index in [-0.39, 0.29) is 11.2 Å². The van der Waals surface area contributed by atoms with Crippen LogP contribution in [0.5, 0.6) is 0 Å². The molecule has 1 aromatic rings. The number of Topliss-reactive ketones (excluding diaryl/α,β-unsaturated/α-hetero) is 1. The highest BCUT2D eigenvalue weighted by molar-refractivity contribution is 7.11. The molecule has 0 bridgehead atoms. The van der Waals surface area contributed by atoms with E-state index in [1.54, 1.807) is 11.3 Å². The summed E-state index contributed by atoms with van der Waals surface area (Å²) in [5, 5.41) is 0.921. The highest BCUT2D eigenvalue weighted by Gasteiger charge is 2.33. The minimum Gasteiger partial charge on any atom is -0.329 e. The van der Waals surface area contributed by atoms with Gasteiger partial charge in [-0.3, -0.25) is 4.79 Å². The van der Waals surface area contributed by atoms with E-state index < -0.39 is 0 Å². The van der Waals surface area contributed by atoms with Gasteiger partial charge in [0.2, 0.25) is 0 Å². The molecule has 1 aromatic heterocycles. The van der Waals surface area contributed by atoms with Crippen molar-refractivity contribution in [3.8, 4) is 0 Å². The lowest BCUT2D eigenvalue weighted by atomic mass is 9.77. The van der Waals surface area contributed by atoms with Gasteiger partial charge in [0.15, 0.2) is 0 Å². The lowest BCUT2D eigenvalue weighted by molar-refractivity contribution is -0.128. The van der Waals surface area contributed by atoms with Crippen molar-refractivity contribution in [2.75, 3.05) is 6.54 Å². The van der Waals surface area contributed by atoms with E-state index in [2.05, 4.69) is 4.98 Å². The van der Waals surface area contributed by atoms with E-state index in [0.29, 0.717) is 13.0 Å². The van der Waals surface area contributed by atoms with Crippen molar-refractivity contribution >= 4 is 17.1 Å². The molecular weight excluding hydrogens is 232 g/mol. The predicted octanol–water partition coefficient (Wildman–Crippen LogP) is 2.64.